The van der Waals surface area contributed by atoms with Gasteiger partial charge < -0.3 is 5.32 Å². The molecule has 0 saturated heterocycles. The first-order valence-electron chi connectivity index (χ1n) is 6.71. The summed E-state index contributed by atoms with van der Waals surface area (Å²) in [5.41, 5.74) is 1.39. The number of rotatable bonds is 7. The second-order valence-corrected chi connectivity index (χ2v) is 6.00. The lowest BCUT2D eigenvalue weighted by atomic mass is 10.2. The van der Waals surface area contributed by atoms with E-state index in [2.05, 4.69) is 53.1 Å². The van der Waals surface area contributed by atoms with Crippen LogP contribution in [0, 0.1) is 5.92 Å². The minimum Gasteiger partial charge on any atom is -0.310 e. The molecule has 0 atom stereocenters. The third-order valence-electron chi connectivity index (χ3n) is 2.95. The fourth-order valence-electron chi connectivity index (χ4n) is 1.90. The maximum Gasteiger partial charge on any atom is 0.165 e. The van der Waals surface area contributed by atoms with Crippen LogP contribution in [0.1, 0.15) is 37.0 Å². The van der Waals surface area contributed by atoms with Crippen molar-refractivity contribution in [1.29, 1.82) is 0 Å². The largest absolute Gasteiger partial charge is 0.310 e. The Bertz CT molecular complexity index is 503. The Hall–Kier alpha value is -1.27. The van der Waals surface area contributed by atoms with E-state index in [1.165, 1.54) is 10.4 Å². The van der Waals surface area contributed by atoms with E-state index in [-0.39, 0.29) is 0 Å². The van der Waals surface area contributed by atoms with Crippen LogP contribution in [-0.2, 0) is 19.5 Å². The van der Waals surface area contributed by atoms with E-state index in [4.69, 9.17) is 0 Å². The molecule has 1 N–H and O–H groups in total. The maximum absolute atomic E-state index is 4.09. The summed E-state index contributed by atoms with van der Waals surface area (Å²) in [6.45, 7) is 9.02. The SMILES string of the molecule is CCc1ccsc1Cn1nnnc1CNCC(C)C. The lowest BCUT2D eigenvalue weighted by molar-refractivity contribution is 0.523. The number of hydrogen-bond acceptors (Lipinski definition) is 5. The van der Waals surface area contributed by atoms with Crippen LogP contribution >= 0.6 is 11.3 Å². The summed E-state index contributed by atoms with van der Waals surface area (Å²) >= 11 is 1.77. The van der Waals surface area contributed by atoms with E-state index >= 15 is 0 Å². The van der Waals surface area contributed by atoms with Gasteiger partial charge in [0.25, 0.3) is 0 Å². The number of hydrogen-bond donors (Lipinski definition) is 1. The Morgan fingerprint density at radius 1 is 1.42 bits per heavy atom. The quantitative estimate of drug-likeness (QED) is 0.843. The molecule has 5 nitrogen and oxygen atoms in total. The number of aromatic nitrogens is 4. The molecule has 0 aliphatic carbocycles. The molecule has 2 aromatic rings. The first-order valence-corrected chi connectivity index (χ1v) is 7.59. The van der Waals surface area contributed by atoms with Gasteiger partial charge in [0, 0.05) is 4.88 Å². The lowest BCUT2D eigenvalue weighted by Crippen LogP contribution is -2.22. The average molecular weight is 279 g/mol. The van der Waals surface area contributed by atoms with Gasteiger partial charge in [0.1, 0.15) is 0 Å². The second kappa shape index (κ2) is 6.77. The zero-order valence-electron chi connectivity index (χ0n) is 11.8. The highest BCUT2D eigenvalue weighted by Gasteiger charge is 2.09. The van der Waals surface area contributed by atoms with Crippen LogP contribution in [0.3, 0.4) is 0 Å². The minimum atomic E-state index is 0.633. The standard InChI is InChI=1S/C13H21N5S/c1-4-11-5-6-19-12(11)9-18-13(15-16-17-18)8-14-7-10(2)3/h5-6,10,14H,4,7-9H2,1-3H3. The van der Waals surface area contributed by atoms with E-state index in [0.29, 0.717) is 5.92 Å². The van der Waals surface area contributed by atoms with Crippen molar-refractivity contribution >= 4 is 11.3 Å². The fourth-order valence-corrected chi connectivity index (χ4v) is 2.86. The van der Waals surface area contributed by atoms with Crippen LogP contribution in [0.5, 0.6) is 0 Å². The van der Waals surface area contributed by atoms with Gasteiger partial charge in [-0.05, 0) is 46.3 Å². The van der Waals surface area contributed by atoms with Crippen molar-refractivity contribution in [3.8, 4) is 0 Å². The summed E-state index contributed by atoms with van der Waals surface area (Å²) in [5, 5.41) is 17.5. The molecule has 19 heavy (non-hydrogen) atoms. The van der Waals surface area contributed by atoms with Gasteiger partial charge in [-0.25, -0.2) is 4.68 Å². The Labute approximate surface area is 118 Å². The number of tetrazole rings is 1. The van der Waals surface area contributed by atoms with Gasteiger partial charge in [-0.1, -0.05) is 20.8 Å². The topological polar surface area (TPSA) is 55.6 Å². The molecule has 0 amide bonds. The highest BCUT2D eigenvalue weighted by atomic mass is 32.1. The highest BCUT2D eigenvalue weighted by molar-refractivity contribution is 7.10. The van der Waals surface area contributed by atoms with Crippen molar-refractivity contribution in [2.75, 3.05) is 6.54 Å². The molecule has 0 aliphatic rings. The molecule has 6 heteroatoms. The van der Waals surface area contributed by atoms with Gasteiger partial charge >= 0.3 is 0 Å². The van der Waals surface area contributed by atoms with E-state index < -0.39 is 0 Å². The number of nitrogens with one attached hydrogen (secondary N) is 1. The predicted octanol–water partition coefficient (Wildman–Crippen LogP) is 2.09. The Morgan fingerprint density at radius 3 is 3.00 bits per heavy atom. The number of aryl methyl sites for hydroxylation is 1. The zero-order chi connectivity index (χ0) is 13.7. The molecule has 0 spiro atoms. The van der Waals surface area contributed by atoms with Gasteiger partial charge in [0.05, 0.1) is 13.1 Å². The van der Waals surface area contributed by atoms with Crippen molar-refractivity contribution in [1.82, 2.24) is 25.5 Å². The van der Waals surface area contributed by atoms with Crippen molar-refractivity contribution in [3.63, 3.8) is 0 Å². The number of thiophene rings is 1. The number of nitrogens with zero attached hydrogens (tertiary/aromatic N) is 4. The van der Waals surface area contributed by atoms with Crippen LogP contribution < -0.4 is 5.32 Å². The maximum atomic E-state index is 4.09. The molecule has 0 aromatic carbocycles. The van der Waals surface area contributed by atoms with Crippen LogP contribution in [-0.4, -0.2) is 26.8 Å². The van der Waals surface area contributed by atoms with Crippen LogP contribution in [0.25, 0.3) is 0 Å². The minimum absolute atomic E-state index is 0.633. The van der Waals surface area contributed by atoms with Gasteiger partial charge in [-0.2, -0.15) is 0 Å². The predicted molar refractivity (Wildman–Crippen MR) is 77.2 cm³/mol. The summed E-state index contributed by atoms with van der Waals surface area (Å²) in [6.07, 6.45) is 1.06. The highest BCUT2D eigenvalue weighted by Crippen LogP contribution is 2.18. The van der Waals surface area contributed by atoms with E-state index in [9.17, 15) is 0 Å². The summed E-state index contributed by atoms with van der Waals surface area (Å²) in [6, 6.07) is 2.18. The molecule has 104 valence electrons. The molecular weight excluding hydrogens is 258 g/mol. The Morgan fingerprint density at radius 2 is 2.26 bits per heavy atom. The first kappa shape index (κ1) is 14.1. The van der Waals surface area contributed by atoms with Crippen molar-refractivity contribution < 1.29 is 0 Å². The second-order valence-electron chi connectivity index (χ2n) is 5.00. The fraction of sp³-hybridized carbons (Fsp3) is 0.615. The summed E-state index contributed by atoms with van der Waals surface area (Å²) in [5.74, 6) is 1.53. The third kappa shape index (κ3) is 3.84. The van der Waals surface area contributed by atoms with E-state index in [1.807, 2.05) is 4.68 Å². The van der Waals surface area contributed by atoms with Gasteiger partial charge in [-0.15, -0.1) is 16.4 Å². The Kier molecular flexibility index (Phi) is 5.04. The molecule has 0 saturated carbocycles. The van der Waals surface area contributed by atoms with Crippen LogP contribution in [0.4, 0.5) is 0 Å². The van der Waals surface area contributed by atoms with Crippen molar-refractivity contribution in [2.24, 2.45) is 5.92 Å². The molecule has 0 unspecified atom stereocenters. The molecule has 0 fully saturated rings. The first-order chi connectivity index (χ1) is 9.20. The van der Waals surface area contributed by atoms with Crippen LogP contribution in [0.2, 0.25) is 0 Å². The molecular formula is C13H21N5S. The van der Waals surface area contributed by atoms with E-state index in [0.717, 1.165) is 31.9 Å². The molecule has 0 bridgehead atoms. The normalized spacial score (nSPS) is 11.4. The third-order valence-corrected chi connectivity index (χ3v) is 3.90. The molecule has 2 rings (SSSR count). The summed E-state index contributed by atoms with van der Waals surface area (Å²) < 4.78 is 1.89. The van der Waals surface area contributed by atoms with Crippen LogP contribution in [0.15, 0.2) is 11.4 Å². The average Bonchev–Trinajstić information content (AvgIpc) is 2.99. The summed E-state index contributed by atoms with van der Waals surface area (Å²) in [4.78, 5) is 1.35. The van der Waals surface area contributed by atoms with Crippen molar-refractivity contribution in [3.05, 3.63) is 27.7 Å². The molecule has 0 aliphatic heterocycles. The zero-order valence-corrected chi connectivity index (χ0v) is 12.6. The van der Waals surface area contributed by atoms with E-state index in [1.54, 1.807) is 11.3 Å². The van der Waals surface area contributed by atoms with Gasteiger partial charge in [-0.3, -0.25) is 0 Å². The lowest BCUT2D eigenvalue weighted by Gasteiger charge is -2.08. The summed E-state index contributed by atoms with van der Waals surface area (Å²) in [7, 11) is 0. The molecule has 0 radical (unpaired) electrons. The smallest absolute Gasteiger partial charge is 0.165 e. The molecule has 2 heterocycles. The van der Waals surface area contributed by atoms with Crippen molar-refractivity contribution in [2.45, 2.75) is 40.3 Å². The molecule has 2 aromatic heterocycles. The van der Waals surface area contributed by atoms with Gasteiger partial charge in [0.2, 0.25) is 0 Å². The monoisotopic (exact) mass is 279 g/mol. The Balaban J connectivity index is 1.99. The van der Waals surface area contributed by atoms with Gasteiger partial charge in [0.15, 0.2) is 5.82 Å².